The molecule has 12 heteroatoms. The molecule has 0 unspecified atom stereocenters. The van der Waals surface area contributed by atoms with E-state index in [1.807, 2.05) is 12.3 Å². The highest BCUT2D eigenvalue weighted by Gasteiger charge is 2.46. The van der Waals surface area contributed by atoms with E-state index in [4.69, 9.17) is 5.73 Å². The number of rotatable bonds is 7. The minimum Gasteiger partial charge on any atom is -0.325 e. The van der Waals surface area contributed by atoms with Crippen LogP contribution in [0.15, 0.2) is 34.5 Å². The van der Waals surface area contributed by atoms with E-state index in [9.17, 15) is 26.4 Å². The van der Waals surface area contributed by atoms with E-state index in [2.05, 4.69) is 9.97 Å². The lowest BCUT2D eigenvalue weighted by atomic mass is 10.1. The number of ketones is 1. The predicted molar refractivity (Wildman–Crippen MR) is 108 cm³/mol. The summed E-state index contributed by atoms with van der Waals surface area (Å²) in [6, 6.07) is 4.13. The van der Waals surface area contributed by atoms with Crippen LogP contribution in [-0.2, 0) is 34.0 Å². The molecule has 1 aromatic carbocycles. The number of carbonyl (C=O) groups is 1. The molecule has 0 atom stereocenters. The second kappa shape index (κ2) is 8.53. The van der Waals surface area contributed by atoms with E-state index in [1.165, 1.54) is 34.8 Å². The Labute approximate surface area is 178 Å². The summed E-state index contributed by atoms with van der Waals surface area (Å²) >= 11 is 2.78. The fourth-order valence-corrected chi connectivity index (χ4v) is 5.21. The molecule has 0 radical (unpaired) electrons. The van der Waals surface area contributed by atoms with Crippen molar-refractivity contribution >= 4 is 38.3 Å². The van der Waals surface area contributed by atoms with Gasteiger partial charge in [0.25, 0.3) is 9.84 Å². The third-order valence-electron chi connectivity index (χ3n) is 4.09. The molecule has 0 aliphatic rings. The number of aryl methyl sites for hydroxylation is 1. The number of Topliss-reactive ketones (excluding diaryl/α,β-unsaturated/α-hetero) is 1. The SMILES string of the molecule is Cc1nc(CN)sc1-c1csc(CC(=O)Cc2ccc(S(=O)(=O)C(F)(F)F)cc2)n1. The van der Waals surface area contributed by atoms with Crippen molar-refractivity contribution in [1.82, 2.24) is 9.97 Å². The van der Waals surface area contributed by atoms with E-state index in [0.29, 0.717) is 17.1 Å². The quantitative estimate of drug-likeness (QED) is 0.559. The third kappa shape index (κ3) is 4.77. The Hall–Kier alpha value is -2.15. The van der Waals surface area contributed by atoms with Crippen molar-refractivity contribution in [3.8, 4) is 10.6 Å². The minimum atomic E-state index is -5.40. The molecule has 30 heavy (non-hydrogen) atoms. The summed E-state index contributed by atoms with van der Waals surface area (Å²) in [4.78, 5) is 21.2. The van der Waals surface area contributed by atoms with Crippen molar-refractivity contribution in [3.63, 3.8) is 0 Å². The zero-order chi connectivity index (χ0) is 22.1. The number of hydrogen-bond donors (Lipinski definition) is 1. The fraction of sp³-hybridized carbons (Fsp3) is 0.278. The molecule has 0 saturated carbocycles. The van der Waals surface area contributed by atoms with Gasteiger partial charge in [0.1, 0.15) is 15.8 Å². The minimum absolute atomic E-state index is 0.0435. The number of alkyl halides is 3. The van der Waals surface area contributed by atoms with Gasteiger partial charge < -0.3 is 5.73 Å². The van der Waals surface area contributed by atoms with Crippen molar-refractivity contribution in [2.45, 2.75) is 36.7 Å². The van der Waals surface area contributed by atoms with Crippen LogP contribution in [0.1, 0.15) is 21.3 Å². The van der Waals surface area contributed by atoms with Gasteiger partial charge in [0, 0.05) is 18.3 Å². The normalized spacial score (nSPS) is 12.3. The molecule has 0 aliphatic carbocycles. The first-order chi connectivity index (χ1) is 14.0. The van der Waals surface area contributed by atoms with Crippen molar-refractivity contribution in [1.29, 1.82) is 0 Å². The highest BCUT2D eigenvalue weighted by atomic mass is 32.2. The molecule has 0 bridgehead atoms. The maximum atomic E-state index is 12.6. The Morgan fingerprint density at radius 3 is 2.33 bits per heavy atom. The second-order valence-electron chi connectivity index (χ2n) is 6.34. The van der Waals surface area contributed by atoms with Crippen LogP contribution in [0.4, 0.5) is 13.2 Å². The number of hydrogen-bond acceptors (Lipinski definition) is 8. The molecule has 0 spiro atoms. The molecule has 3 aromatic rings. The van der Waals surface area contributed by atoms with Crippen molar-refractivity contribution in [3.05, 3.63) is 50.9 Å². The average molecular weight is 476 g/mol. The van der Waals surface area contributed by atoms with E-state index >= 15 is 0 Å². The summed E-state index contributed by atoms with van der Waals surface area (Å²) in [5.41, 5.74) is 2.20. The highest BCUT2D eigenvalue weighted by molar-refractivity contribution is 7.92. The maximum absolute atomic E-state index is 12.6. The van der Waals surface area contributed by atoms with Crippen LogP contribution < -0.4 is 5.73 Å². The first kappa shape index (κ1) is 22.5. The van der Waals surface area contributed by atoms with Crippen LogP contribution in [0.2, 0.25) is 0 Å². The van der Waals surface area contributed by atoms with Gasteiger partial charge in [-0.15, -0.1) is 22.7 Å². The van der Waals surface area contributed by atoms with Gasteiger partial charge in [-0.2, -0.15) is 13.2 Å². The van der Waals surface area contributed by atoms with Crippen molar-refractivity contribution < 1.29 is 26.4 Å². The summed E-state index contributed by atoms with van der Waals surface area (Å²) < 4.78 is 60.5. The summed E-state index contributed by atoms with van der Waals surface area (Å²) in [7, 11) is -5.40. The first-order valence-electron chi connectivity index (χ1n) is 8.54. The zero-order valence-electron chi connectivity index (χ0n) is 15.6. The third-order valence-corrected chi connectivity index (χ3v) is 7.64. The fourth-order valence-electron chi connectivity index (χ4n) is 2.65. The standard InChI is InChI=1S/C18H16F3N3O3S3/c1-10-17(29-16(8-22)23-10)14-9-28-15(24-14)7-12(25)6-11-2-4-13(5-3-11)30(26,27)18(19,20)21/h2-5,9H,6-8,22H2,1H3. The van der Waals surface area contributed by atoms with Gasteiger partial charge in [0.05, 0.1) is 27.6 Å². The molecule has 2 N–H and O–H groups in total. The van der Waals surface area contributed by atoms with Gasteiger partial charge in [-0.25, -0.2) is 18.4 Å². The van der Waals surface area contributed by atoms with Crippen LogP contribution in [0, 0.1) is 6.92 Å². The molecule has 0 amide bonds. The van der Waals surface area contributed by atoms with E-state index in [1.54, 1.807) is 0 Å². The van der Waals surface area contributed by atoms with Gasteiger partial charge in [-0.05, 0) is 24.6 Å². The van der Waals surface area contributed by atoms with Gasteiger partial charge in [0.2, 0.25) is 0 Å². The molecular formula is C18H16F3N3O3S3. The maximum Gasteiger partial charge on any atom is 0.501 e. The molecular weight excluding hydrogens is 459 g/mol. The number of nitrogens with two attached hydrogens (primary N) is 1. The number of aromatic nitrogens is 2. The van der Waals surface area contributed by atoms with E-state index < -0.39 is 20.2 Å². The first-order valence-corrected chi connectivity index (χ1v) is 11.7. The van der Waals surface area contributed by atoms with E-state index in [0.717, 1.165) is 33.4 Å². The van der Waals surface area contributed by atoms with Crippen LogP contribution in [-0.4, -0.2) is 29.7 Å². The van der Waals surface area contributed by atoms with Gasteiger partial charge >= 0.3 is 5.51 Å². The van der Waals surface area contributed by atoms with Gasteiger partial charge in [0.15, 0.2) is 0 Å². The molecule has 6 nitrogen and oxygen atoms in total. The van der Waals surface area contributed by atoms with Gasteiger partial charge in [-0.1, -0.05) is 12.1 Å². The summed E-state index contributed by atoms with van der Waals surface area (Å²) in [6.07, 6.45) is 0.0209. The van der Waals surface area contributed by atoms with Gasteiger partial charge in [-0.3, -0.25) is 4.79 Å². The van der Waals surface area contributed by atoms with Crippen molar-refractivity contribution in [2.75, 3.05) is 0 Å². The molecule has 160 valence electrons. The molecule has 0 aliphatic heterocycles. The lowest BCUT2D eigenvalue weighted by molar-refractivity contribution is -0.117. The molecule has 2 aromatic heterocycles. The Morgan fingerprint density at radius 1 is 1.10 bits per heavy atom. The largest absolute Gasteiger partial charge is 0.501 e. The zero-order valence-corrected chi connectivity index (χ0v) is 18.0. The average Bonchev–Trinajstić information content (AvgIpc) is 3.27. The van der Waals surface area contributed by atoms with Crippen LogP contribution in [0.3, 0.4) is 0 Å². The van der Waals surface area contributed by atoms with Crippen LogP contribution in [0.5, 0.6) is 0 Å². The second-order valence-corrected chi connectivity index (χ2v) is 10.3. The number of thiazole rings is 2. The monoisotopic (exact) mass is 475 g/mol. The smallest absolute Gasteiger partial charge is 0.325 e. The summed E-state index contributed by atoms with van der Waals surface area (Å²) in [5.74, 6) is -0.189. The summed E-state index contributed by atoms with van der Waals surface area (Å²) in [6.45, 7) is 2.20. The molecule has 3 rings (SSSR count). The molecule has 0 saturated heterocycles. The Bertz CT molecular complexity index is 1170. The lowest BCUT2D eigenvalue weighted by Crippen LogP contribution is -2.23. The summed E-state index contributed by atoms with van der Waals surface area (Å²) in [5, 5.41) is 3.23. The lowest BCUT2D eigenvalue weighted by Gasteiger charge is -2.08. The molecule has 0 fully saturated rings. The topological polar surface area (TPSA) is 103 Å². The number of sulfone groups is 1. The number of carbonyl (C=O) groups excluding carboxylic acids is 1. The number of nitrogens with zero attached hydrogens (tertiary/aromatic N) is 2. The van der Waals surface area contributed by atoms with Crippen molar-refractivity contribution in [2.24, 2.45) is 5.73 Å². The number of benzene rings is 1. The Balaban J connectivity index is 1.66. The number of halogens is 3. The highest BCUT2D eigenvalue weighted by Crippen LogP contribution is 2.32. The van der Waals surface area contributed by atoms with E-state index in [-0.39, 0.29) is 18.6 Å². The molecule has 2 heterocycles. The van der Waals surface area contributed by atoms with Crippen LogP contribution in [0.25, 0.3) is 10.6 Å². The van der Waals surface area contributed by atoms with Crippen LogP contribution >= 0.6 is 22.7 Å². The Kier molecular flexibility index (Phi) is 6.41. The predicted octanol–water partition coefficient (Wildman–Crippen LogP) is 3.68. The Morgan fingerprint density at radius 2 is 1.77 bits per heavy atom.